The number of rotatable bonds is 5. The van der Waals surface area contributed by atoms with Gasteiger partial charge in [0.15, 0.2) is 6.16 Å². The van der Waals surface area contributed by atoms with E-state index >= 15 is 0 Å². The fourth-order valence-corrected chi connectivity index (χ4v) is 1.37. The number of hydrogen-bond acceptors (Lipinski definition) is 2. The van der Waals surface area contributed by atoms with Crippen molar-refractivity contribution in [3.63, 3.8) is 0 Å². The summed E-state index contributed by atoms with van der Waals surface area (Å²) in [7, 11) is -1.25. The Morgan fingerprint density at radius 1 is 1.67 bits per heavy atom. The minimum Gasteiger partial charge on any atom is -0.395 e. The van der Waals surface area contributed by atoms with E-state index < -0.39 is 7.95 Å². The predicted octanol–water partition coefficient (Wildman–Crippen LogP) is 0.721. The van der Waals surface area contributed by atoms with Crippen LogP contribution in [-0.2, 0) is 4.57 Å². The second-order valence-electron chi connectivity index (χ2n) is 1.73. The molecule has 0 amide bonds. The van der Waals surface area contributed by atoms with Gasteiger partial charge >= 0.3 is 7.95 Å². The van der Waals surface area contributed by atoms with Crippen LogP contribution in [0.15, 0.2) is 0 Å². The Bertz CT molecular complexity index is 87.0. The summed E-state index contributed by atoms with van der Waals surface area (Å²) in [4.78, 5) is 0. The molecule has 2 N–H and O–H groups in total. The predicted molar refractivity (Wildman–Crippen MR) is 37.9 cm³/mol. The average Bonchev–Trinajstić information content (AvgIpc) is 1.85. The number of hydrogen-bond donors (Lipinski definition) is 2. The molecule has 3 nitrogen and oxygen atoms in total. The summed E-state index contributed by atoms with van der Waals surface area (Å²) in [6.07, 6.45) is 1.63. The first kappa shape index (κ1) is 9.02. The Morgan fingerprint density at radius 2 is 2.33 bits per heavy atom. The SMILES string of the molecule is CCC[P+](=O)NCCO. The summed E-state index contributed by atoms with van der Waals surface area (Å²) in [5.41, 5.74) is 0. The third-order valence-corrected chi connectivity index (χ3v) is 2.26. The Kier molecular flexibility index (Phi) is 6.16. The molecule has 0 fully saturated rings. The first-order valence-electron chi connectivity index (χ1n) is 3.10. The second kappa shape index (κ2) is 6.14. The van der Waals surface area contributed by atoms with Gasteiger partial charge in [-0.3, -0.25) is 0 Å². The summed E-state index contributed by atoms with van der Waals surface area (Å²) in [6.45, 7) is 2.48. The van der Waals surface area contributed by atoms with E-state index in [1.54, 1.807) is 0 Å². The molecule has 9 heavy (non-hydrogen) atoms. The van der Waals surface area contributed by atoms with Crippen molar-refractivity contribution >= 4 is 7.95 Å². The zero-order valence-electron chi connectivity index (χ0n) is 5.63. The van der Waals surface area contributed by atoms with Crippen LogP contribution in [0.4, 0.5) is 0 Å². The van der Waals surface area contributed by atoms with Gasteiger partial charge in [0.25, 0.3) is 0 Å². The van der Waals surface area contributed by atoms with Crippen molar-refractivity contribution in [3.05, 3.63) is 0 Å². The van der Waals surface area contributed by atoms with E-state index in [1.165, 1.54) is 0 Å². The summed E-state index contributed by atoms with van der Waals surface area (Å²) >= 11 is 0. The highest BCUT2D eigenvalue weighted by molar-refractivity contribution is 7.42. The van der Waals surface area contributed by atoms with E-state index in [-0.39, 0.29) is 6.61 Å². The largest absolute Gasteiger partial charge is 0.432 e. The molecule has 1 unspecified atom stereocenters. The molecular weight excluding hydrogens is 137 g/mol. The lowest BCUT2D eigenvalue weighted by molar-refractivity contribution is 0.301. The Morgan fingerprint density at radius 3 is 2.78 bits per heavy atom. The number of aliphatic hydroxyl groups excluding tert-OH is 1. The lowest BCUT2D eigenvalue weighted by Crippen LogP contribution is -2.09. The van der Waals surface area contributed by atoms with E-state index in [1.807, 2.05) is 6.92 Å². The van der Waals surface area contributed by atoms with Crippen molar-refractivity contribution in [3.8, 4) is 0 Å². The second-order valence-corrected chi connectivity index (χ2v) is 3.25. The van der Waals surface area contributed by atoms with Crippen LogP contribution in [0.2, 0.25) is 0 Å². The van der Waals surface area contributed by atoms with Gasteiger partial charge < -0.3 is 5.11 Å². The molecule has 0 aliphatic rings. The topological polar surface area (TPSA) is 49.3 Å². The monoisotopic (exact) mass is 150 g/mol. The number of nitrogens with one attached hydrogen (secondary N) is 1. The van der Waals surface area contributed by atoms with Gasteiger partial charge in [-0.05, 0) is 6.42 Å². The lowest BCUT2D eigenvalue weighted by atomic mass is 10.6. The fraction of sp³-hybridized carbons (Fsp3) is 1.00. The van der Waals surface area contributed by atoms with Gasteiger partial charge in [0, 0.05) is 0 Å². The molecule has 0 aromatic heterocycles. The minimum absolute atomic E-state index is 0.0603. The summed E-state index contributed by atoms with van der Waals surface area (Å²) < 4.78 is 10.7. The Balaban J connectivity index is 3.06. The molecule has 0 aromatic carbocycles. The maximum Gasteiger partial charge on any atom is 0.432 e. The zero-order chi connectivity index (χ0) is 7.11. The molecule has 0 radical (unpaired) electrons. The van der Waals surface area contributed by atoms with Crippen molar-refractivity contribution < 1.29 is 9.67 Å². The molecule has 0 aromatic rings. The highest BCUT2D eigenvalue weighted by Gasteiger charge is 2.10. The smallest absolute Gasteiger partial charge is 0.395 e. The van der Waals surface area contributed by atoms with Crippen LogP contribution in [-0.4, -0.2) is 24.4 Å². The van der Waals surface area contributed by atoms with Crippen molar-refractivity contribution in [2.45, 2.75) is 13.3 Å². The molecule has 0 saturated carbocycles. The summed E-state index contributed by atoms with van der Waals surface area (Å²) in [6, 6.07) is 0. The van der Waals surface area contributed by atoms with Crippen LogP contribution < -0.4 is 5.09 Å². The van der Waals surface area contributed by atoms with Gasteiger partial charge in [-0.25, -0.2) is 0 Å². The van der Waals surface area contributed by atoms with Crippen molar-refractivity contribution in [1.82, 2.24) is 5.09 Å². The third-order valence-electron chi connectivity index (χ3n) is 0.827. The molecule has 54 valence electrons. The standard InChI is InChI=1S/C5H13NO2P/c1-2-5-9(8)6-3-4-7/h7H,2-5H2,1H3,(H,6,8)/q+1. The molecule has 0 heterocycles. The van der Waals surface area contributed by atoms with E-state index in [4.69, 9.17) is 5.11 Å². The average molecular weight is 150 g/mol. The minimum atomic E-state index is -1.25. The highest BCUT2D eigenvalue weighted by atomic mass is 31.1. The zero-order valence-corrected chi connectivity index (χ0v) is 6.53. The molecule has 0 spiro atoms. The molecule has 0 saturated heterocycles. The summed E-state index contributed by atoms with van der Waals surface area (Å²) in [5.74, 6) is 0. The van der Waals surface area contributed by atoms with Gasteiger partial charge in [0.05, 0.1) is 13.2 Å². The van der Waals surface area contributed by atoms with Crippen LogP contribution in [0.5, 0.6) is 0 Å². The molecule has 0 rings (SSSR count). The van der Waals surface area contributed by atoms with Crippen LogP contribution in [0.25, 0.3) is 0 Å². The Hall–Kier alpha value is 0.0200. The molecular formula is C5H13NO2P+. The van der Waals surface area contributed by atoms with Gasteiger partial charge in [-0.1, -0.05) is 11.5 Å². The first-order valence-corrected chi connectivity index (χ1v) is 4.54. The van der Waals surface area contributed by atoms with Crippen molar-refractivity contribution in [1.29, 1.82) is 0 Å². The molecule has 4 heteroatoms. The number of aliphatic hydroxyl groups is 1. The Labute approximate surface area is 56.3 Å². The van der Waals surface area contributed by atoms with Gasteiger partial charge in [-0.15, -0.1) is 5.09 Å². The van der Waals surface area contributed by atoms with Crippen LogP contribution in [0.3, 0.4) is 0 Å². The van der Waals surface area contributed by atoms with E-state index in [9.17, 15) is 4.57 Å². The third kappa shape index (κ3) is 5.90. The highest BCUT2D eigenvalue weighted by Crippen LogP contribution is 2.13. The van der Waals surface area contributed by atoms with Gasteiger partial charge in [-0.2, -0.15) is 0 Å². The fourth-order valence-electron chi connectivity index (χ4n) is 0.457. The molecule has 0 aliphatic heterocycles. The normalized spacial score (nSPS) is 11.6. The maximum atomic E-state index is 10.7. The first-order chi connectivity index (χ1) is 4.31. The molecule has 0 aliphatic carbocycles. The maximum absolute atomic E-state index is 10.7. The summed E-state index contributed by atoms with van der Waals surface area (Å²) in [5, 5.41) is 11.0. The van der Waals surface area contributed by atoms with Crippen LogP contribution >= 0.6 is 7.95 Å². The lowest BCUT2D eigenvalue weighted by Gasteiger charge is -1.85. The van der Waals surface area contributed by atoms with E-state index in [2.05, 4.69) is 5.09 Å². The van der Waals surface area contributed by atoms with Gasteiger partial charge in [0.1, 0.15) is 0 Å². The van der Waals surface area contributed by atoms with E-state index in [0.29, 0.717) is 12.7 Å². The van der Waals surface area contributed by atoms with E-state index in [0.717, 1.165) is 6.42 Å². The van der Waals surface area contributed by atoms with Crippen LogP contribution in [0.1, 0.15) is 13.3 Å². The molecule has 1 atom stereocenters. The van der Waals surface area contributed by atoms with Gasteiger partial charge in [0.2, 0.25) is 0 Å². The quantitative estimate of drug-likeness (QED) is 0.568. The van der Waals surface area contributed by atoms with Crippen molar-refractivity contribution in [2.24, 2.45) is 0 Å². The molecule has 0 bridgehead atoms. The van der Waals surface area contributed by atoms with Crippen molar-refractivity contribution in [2.75, 3.05) is 19.3 Å². The van der Waals surface area contributed by atoms with Crippen LogP contribution in [0, 0.1) is 0 Å².